The summed E-state index contributed by atoms with van der Waals surface area (Å²) in [4.78, 5) is 24.4. The lowest BCUT2D eigenvalue weighted by Crippen LogP contribution is -2.37. The number of nitrogens with zero attached hydrogens (tertiary/aromatic N) is 2. The molecule has 10 heteroatoms. The monoisotopic (exact) mass is 330 g/mol. The molecule has 2 rings (SSSR count). The molecule has 2 N–H and O–H groups in total. The predicted octanol–water partition coefficient (Wildman–Crippen LogP) is -0.885. The van der Waals surface area contributed by atoms with E-state index in [-0.39, 0.29) is 29.8 Å². The maximum atomic E-state index is 12.2. The number of sulfonamides is 1. The minimum absolute atomic E-state index is 0.0428. The van der Waals surface area contributed by atoms with Crippen molar-refractivity contribution in [3.05, 3.63) is 17.8 Å². The molecule has 0 aliphatic carbocycles. The minimum Gasteiger partial charge on any atom is -0.464 e. The molecule has 0 saturated carbocycles. The molecule has 122 valence electrons. The molecule has 1 aliphatic rings. The summed E-state index contributed by atoms with van der Waals surface area (Å²) in [6, 6.07) is 2.51. The summed E-state index contributed by atoms with van der Waals surface area (Å²) in [5.41, 5.74) is 0.141. The van der Waals surface area contributed by atoms with Crippen molar-refractivity contribution in [1.82, 2.24) is 19.5 Å². The SMILES string of the molecule is COC(=O)c1ccc(S(=O)(=O)NCCN2CCNC2=O)n1C. The fourth-order valence-electron chi connectivity index (χ4n) is 2.19. The van der Waals surface area contributed by atoms with E-state index in [1.807, 2.05) is 0 Å². The Balaban J connectivity index is 2.03. The number of hydrogen-bond acceptors (Lipinski definition) is 5. The Morgan fingerprint density at radius 2 is 2.18 bits per heavy atom. The second-order valence-electron chi connectivity index (χ2n) is 4.72. The maximum absolute atomic E-state index is 12.2. The van der Waals surface area contributed by atoms with E-state index >= 15 is 0 Å². The summed E-state index contributed by atoms with van der Waals surface area (Å²) in [7, 11) is -1.08. The molecular weight excluding hydrogens is 312 g/mol. The second kappa shape index (κ2) is 6.36. The van der Waals surface area contributed by atoms with Crippen LogP contribution in [0.4, 0.5) is 4.79 Å². The zero-order valence-corrected chi connectivity index (χ0v) is 13.1. The van der Waals surface area contributed by atoms with E-state index in [4.69, 9.17) is 0 Å². The van der Waals surface area contributed by atoms with E-state index in [9.17, 15) is 18.0 Å². The van der Waals surface area contributed by atoms with Gasteiger partial charge in [0.1, 0.15) is 5.69 Å². The Morgan fingerprint density at radius 1 is 1.45 bits per heavy atom. The van der Waals surface area contributed by atoms with E-state index in [1.165, 1.54) is 35.8 Å². The topological polar surface area (TPSA) is 110 Å². The average Bonchev–Trinajstić information content (AvgIpc) is 3.05. The fourth-order valence-corrected chi connectivity index (χ4v) is 3.40. The molecule has 0 radical (unpaired) electrons. The van der Waals surface area contributed by atoms with Gasteiger partial charge in [0, 0.05) is 33.2 Å². The van der Waals surface area contributed by atoms with Crippen molar-refractivity contribution in [2.75, 3.05) is 33.3 Å². The van der Waals surface area contributed by atoms with Crippen LogP contribution in [0.2, 0.25) is 0 Å². The highest BCUT2D eigenvalue weighted by atomic mass is 32.2. The number of rotatable bonds is 6. The number of methoxy groups -OCH3 is 1. The van der Waals surface area contributed by atoms with E-state index < -0.39 is 16.0 Å². The lowest BCUT2D eigenvalue weighted by Gasteiger charge is -2.14. The van der Waals surface area contributed by atoms with Crippen LogP contribution in [0.15, 0.2) is 17.2 Å². The van der Waals surface area contributed by atoms with Gasteiger partial charge in [0.05, 0.1) is 7.11 Å². The Labute approximate surface area is 128 Å². The van der Waals surface area contributed by atoms with E-state index in [0.29, 0.717) is 13.1 Å². The van der Waals surface area contributed by atoms with Gasteiger partial charge in [-0.3, -0.25) is 0 Å². The number of amides is 2. The van der Waals surface area contributed by atoms with Gasteiger partial charge in [0.2, 0.25) is 0 Å². The van der Waals surface area contributed by atoms with Gasteiger partial charge in [-0.25, -0.2) is 22.7 Å². The standard InChI is InChI=1S/C12H18N4O5S/c1-15-9(11(17)21-2)3-4-10(15)22(19,20)14-6-8-16-7-5-13-12(16)18/h3-4,14H,5-8H2,1-2H3,(H,13,18). The molecule has 22 heavy (non-hydrogen) atoms. The normalized spacial score (nSPS) is 15.0. The first-order chi connectivity index (χ1) is 10.4. The van der Waals surface area contributed by atoms with Gasteiger partial charge in [-0.05, 0) is 12.1 Å². The Bertz CT molecular complexity index is 682. The summed E-state index contributed by atoms with van der Waals surface area (Å²) < 4.78 is 32.7. The lowest BCUT2D eigenvalue weighted by atomic mass is 10.4. The van der Waals surface area contributed by atoms with E-state index in [1.54, 1.807) is 0 Å². The molecule has 9 nitrogen and oxygen atoms in total. The van der Waals surface area contributed by atoms with Crippen molar-refractivity contribution in [3.63, 3.8) is 0 Å². The van der Waals surface area contributed by atoms with Gasteiger partial charge in [0.25, 0.3) is 10.0 Å². The summed E-state index contributed by atoms with van der Waals surface area (Å²) >= 11 is 0. The molecule has 2 amide bonds. The number of esters is 1. The fraction of sp³-hybridized carbons (Fsp3) is 0.500. The number of urea groups is 1. The molecule has 0 aromatic carbocycles. The molecule has 0 unspecified atom stereocenters. The van der Waals surface area contributed by atoms with Crippen LogP contribution in [0, 0.1) is 0 Å². The van der Waals surface area contributed by atoms with E-state index in [2.05, 4.69) is 14.8 Å². The number of ether oxygens (including phenoxy) is 1. The smallest absolute Gasteiger partial charge is 0.354 e. The maximum Gasteiger partial charge on any atom is 0.354 e. The van der Waals surface area contributed by atoms with Crippen LogP contribution in [-0.4, -0.2) is 63.2 Å². The Hall–Kier alpha value is -2.07. The number of nitrogens with one attached hydrogen (secondary N) is 2. The minimum atomic E-state index is -3.77. The van der Waals surface area contributed by atoms with E-state index in [0.717, 1.165) is 0 Å². The largest absolute Gasteiger partial charge is 0.464 e. The first-order valence-electron chi connectivity index (χ1n) is 6.63. The quantitative estimate of drug-likeness (QED) is 0.658. The van der Waals surface area contributed by atoms with Gasteiger partial charge in [-0.2, -0.15) is 0 Å². The molecule has 0 bridgehead atoms. The Morgan fingerprint density at radius 3 is 2.77 bits per heavy atom. The number of carbonyl (C=O) groups excluding carboxylic acids is 2. The second-order valence-corrected chi connectivity index (χ2v) is 6.44. The Kier molecular flexibility index (Phi) is 4.71. The molecule has 0 spiro atoms. The molecule has 1 aliphatic heterocycles. The number of aromatic nitrogens is 1. The first-order valence-corrected chi connectivity index (χ1v) is 8.11. The predicted molar refractivity (Wildman–Crippen MR) is 76.9 cm³/mol. The highest BCUT2D eigenvalue weighted by molar-refractivity contribution is 7.89. The van der Waals surface area contributed by atoms with Crippen LogP contribution in [0.1, 0.15) is 10.5 Å². The van der Waals surface area contributed by atoms with Crippen LogP contribution >= 0.6 is 0 Å². The molecule has 1 aromatic rings. The van der Waals surface area contributed by atoms with Gasteiger partial charge in [-0.15, -0.1) is 0 Å². The van der Waals surface area contributed by atoms with Crippen LogP contribution in [-0.2, 0) is 21.8 Å². The van der Waals surface area contributed by atoms with Crippen molar-refractivity contribution < 1.29 is 22.7 Å². The lowest BCUT2D eigenvalue weighted by molar-refractivity contribution is 0.0589. The zero-order valence-electron chi connectivity index (χ0n) is 12.3. The van der Waals surface area contributed by atoms with Crippen LogP contribution < -0.4 is 10.0 Å². The third-order valence-electron chi connectivity index (χ3n) is 3.36. The van der Waals surface area contributed by atoms with Crippen molar-refractivity contribution in [2.45, 2.75) is 5.03 Å². The number of carbonyl (C=O) groups is 2. The van der Waals surface area contributed by atoms with Crippen molar-refractivity contribution in [3.8, 4) is 0 Å². The summed E-state index contributed by atoms with van der Waals surface area (Å²) in [5, 5.41) is 2.59. The van der Waals surface area contributed by atoms with Crippen molar-refractivity contribution in [1.29, 1.82) is 0 Å². The summed E-state index contributed by atoms with van der Waals surface area (Å²) in [6.45, 7) is 1.48. The van der Waals surface area contributed by atoms with Crippen LogP contribution in [0.5, 0.6) is 0 Å². The zero-order chi connectivity index (χ0) is 16.3. The third kappa shape index (κ3) is 3.22. The van der Waals surface area contributed by atoms with Crippen LogP contribution in [0.25, 0.3) is 0 Å². The molecule has 1 aromatic heterocycles. The molecule has 1 saturated heterocycles. The first kappa shape index (κ1) is 16.3. The van der Waals surface area contributed by atoms with Gasteiger partial charge in [-0.1, -0.05) is 0 Å². The third-order valence-corrected chi connectivity index (χ3v) is 4.91. The number of hydrogen-bond donors (Lipinski definition) is 2. The van der Waals surface area contributed by atoms with Gasteiger partial charge < -0.3 is 19.5 Å². The molecular formula is C12H18N4O5S. The summed E-state index contributed by atoms with van der Waals surface area (Å²) in [5.74, 6) is -0.613. The van der Waals surface area contributed by atoms with Crippen LogP contribution in [0.3, 0.4) is 0 Å². The van der Waals surface area contributed by atoms with Crippen molar-refractivity contribution >= 4 is 22.0 Å². The van der Waals surface area contributed by atoms with Gasteiger partial charge in [0.15, 0.2) is 5.03 Å². The summed E-state index contributed by atoms with van der Waals surface area (Å²) in [6.07, 6.45) is 0. The highest BCUT2D eigenvalue weighted by Crippen LogP contribution is 2.13. The average molecular weight is 330 g/mol. The van der Waals surface area contributed by atoms with Gasteiger partial charge >= 0.3 is 12.0 Å². The van der Waals surface area contributed by atoms with Crippen molar-refractivity contribution in [2.24, 2.45) is 7.05 Å². The highest BCUT2D eigenvalue weighted by Gasteiger charge is 2.23. The molecule has 0 atom stereocenters. The molecule has 2 heterocycles. The molecule has 1 fully saturated rings.